The van der Waals surface area contributed by atoms with Crippen molar-refractivity contribution in [3.05, 3.63) is 94.8 Å². The van der Waals surface area contributed by atoms with E-state index >= 15 is 0 Å². The zero-order valence-corrected chi connectivity index (χ0v) is 15.9. The van der Waals surface area contributed by atoms with Crippen LogP contribution in [0.3, 0.4) is 0 Å². The second-order valence-electron chi connectivity index (χ2n) is 7.02. The second kappa shape index (κ2) is 8.09. The fourth-order valence-corrected chi connectivity index (χ4v) is 3.62. The normalized spacial score (nSPS) is 12.0. The number of hydrogen-bond acceptors (Lipinski definition) is 3. The van der Waals surface area contributed by atoms with Gasteiger partial charge in [-0.3, -0.25) is 4.79 Å². The zero-order valence-electron chi connectivity index (χ0n) is 15.9. The standard InChI is InChI=1S/C24H23N3O/c1-17(19-11-5-6-12-20(19)18-9-3-2-4-10-18)15-16-25-23-21-13-7-8-14-22(21)24(28)27-26-23/h2-14,17H,15-16H2,1H3,(H,25,26)(H,27,28). The van der Waals surface area contributed by atoms with Crippen molar-refractivity contribution in [1.82, 2.24) is 10.2 Å². The summed E-state index contributed by atoms with van der Waals surface area (Å²) in [4.78, 5) is 11.9. The molecule has 28 heavy (non-hydrogen) atoms. The molecule has 4 heteroatoms. The van der Waals surface area contributed by atoms with Crippen molar-refractivity contribution in [3.63, 3.8) is 0 Å². The number of aromatic amines is 1. The third kappa shape index (κ3) is 3.67. The molecule has 4 nitrogen and oxygen atoms in total. The predicted molar refractivity (Wildman–Crippen MR) is 116 cm³/mol. The molecule has 0 saturated heterocycles. The maximum absolute atomic E-state index is 11.9. The Labute approximate surface area is 164 Å². The highest BCUT2D eigenvalue weighted by molar-refractivity contribution is 5.90. The first-order valence-electron chi connectivity index (χ1n) is 9.59. The lowest BCUT2D eigenvalue weighted by atomic mass is 9.90. The van der Waals surface area contributed by atoms with E-state index in [1.165, 1.54) is 16.7 Å². The predicted octanol–water partition coefficient (Wildman–Crippen LogP) is 5.20. The van der Waals surface area contributed by atoms with Gasteiger partial charge in [0, 0.05) is 11.9 Å². The van der Waals surface area contributed by atoms with Crippen LogP contribution in [0, 0.1) is 0 Å². The first-order valence-corrected chi connectivity index (χ1v) is 9.59. The first-order chi connectivity index (χ1) is 13.7. The molecule has 2 N–H and O–H groups in total. The molecule has 1 aromatic heterocycles. The van der Waals surface area contributed by atoms with E-state index in [1.807, 2.05) is 30.3 Å². The summed E-state index contributed by atoms with van der Waals surface area (Å²) >= 11 is 0. The van der Waals surface area contributed by atoms with Gasteiger partial charge in [0.15, 0.2) is 5.82 Å². The van der Waals surface area contributed by atoms with Gasteiger partial charge in [-0.05, 0) is 35.1 Å². The quantitative estimate of drug-likeness (QED) is 0.491. The molecule has 0 aliphatic heterocycles. The van der Waals surface area contributed by atoms with Crippen molar-refractivity contribution in [2.24, 2.45) is 0 Å². The topological polar surface area (TPSA) is 57.8 Å². The summed E-state index contributed by atoms with van der Waals surface area (Å²) in [5.74, 6) is 1.11. The van der Waals surface area contributed by atoms with E-state index in [2.05, 4.69) is 71.0 Å². The van der Waals surface area contributed by atoms with Crippen LogP contribution in [0.1, 0.15) is 24.8 Å². The molecular formula is C24H23N3O. The van der Waals surface area contributed by atoms with Gasteiger partial charge in [-0.1, -0.05) is 79.7 Å². The summed E-state index contributed by atoms with van der Waals surface area (Å²) in [6, 6.07) is 26.6. The van der Waals surface area contributed by atoms with E-state index in [1.54, 1.807) is 0 Å². The number of nitrogens with zero attached hydrogens (tertiary/aromatic N) is 1. The molecule has 0 radical (unpaired) electrons. The number of hydrogen-bond donors (Lipinski definition) is 2. The second-order valence-corrected chi connectivity index (χ2v) is 7.02. The van der Waals surface area contributed by atoms with Crippen LogP contribution in [-0.2, 0) is 0 Å². The smallest absolute Gasteiger partial charge is 0.272 e. The lowest BCUT2D eigenvalue weighted by Gasteiger charge is -2.17. The molecule has 1 heterocycles. The third-order valence-electron chi connectivity index (χ3n) is 5.14. The van der Waals surface area contributed by atoms with E-state index in [9.17, 15) is 4.79 Å². The largest absolute Gasteiger partial charge is 0.368 e. The molecule has 1 atom stereocenters. The van der Waals surface area contributed by atoms with E-state index < -0.39 is 0 Å². The molecule has 0 saturated carbocycles. The average molecular weight is 369 g/mol. The number of nitrogens with one attached hydrogen (secondary N) is 2. The summed E-state index contributed by atoms with van der Waals surface area (Å²) in [5, 5.41) is 11.7. The van der Waals surface area contributed by atoms with Crippen LogP contribution >= 0.6 is 0 Å². The van der Waals surface area contributed by atoms with Crippen LogP contribution in [0.2, 0.25) is 0 Å². The maximum atomic E-state index is 11.9. The minimum atomic E-state index is -0.161. The van der Waals surface area contributed by atoms with Crippen LogP contribution in [0.4, 0.5) is 5.82 Å². The Bertz CT molecular complexity index is 1140. The molecule has 3 aromatic carbocycles. The Hall–Kier alpha value is -3.40. The van der Waals surface area contributed by atoms with Crippen molar-refractivity contribution in [3.8, 4) is 11.1 Å². The van der Waals surface area contributed by atoms with Crippen LogP contribution in [0.15, 0.2) is 83.7 Å². The van der Waals surface area contributed by atoms with Gasteiger partial charge >= 0.3 is 0 Å². The van der Waals surface area contributed by atoms with Crippen molar-refractivity contribution < 1.29 is 0 Å². The highest BCUT2D eigenvalue weighted by atomic mass is 16.1. The van der Waals surface area contributed by atoms with Gasteiger partial charge in [0.25, 0.3) is 5.56 Å². The fraction of sp³-hybridized carbons (Fsp3) is 0.167. The number of benzene rings is 3. The molecule has 0 aliphatic carbocycles. The SMILES string of the molecule is CC(CCNc1n[nH]c(=O)c2ccccc12)c1ccccc1-c1ccccc1. The van der Waals surface area contributed by atoms with Crippen molar-refractivity contribution >= 4 is 16.6 Å². The number of aromatic nitrogens is 2. The molecule has 140 valence electrons. The summed E-state index contributed by atoms with van der Waals surface area (Å²) < 4.78 is 0. The summed E-state index contributed by atoms with van der Waals surface area (Å²) in [6.07, 6.45) is 0.957. The van der Waals surface area contributed by atoms with Crippen molar-refractivity contribution in [2.75, 3.05) is 11.9 Å². The van der Waals surface area contributed by atoms with Crippen molar-refractivity contribution in [1.29, 1.82) is 0 Å². The minimum absolute atomic E-state index is 0.161. The van der Waals surface area contributed by atoms with Crippen LogP contribution in [0.25, 0.3) is 21.9 Å². The molecule has 0 fully saturated rings. The first kappa shape index (κ1) is 18.0. The number of H-pyrrole nitrogens is 1. The third-order valence-corrected chi connectivity index (χ3v) is 5.14. The molecule has 0 spiro atoms. The molecular weight excluding hydrogens is 346 g/mol. The van der Waals surface area contributed by atoms with E-state index in [4.69, 9.17) is 0 Å². The molecule has 0 amide bonds. The zero-order chi connectivity index (χ0) is 19.3. The lowest BCUT2D eigenvalue weighted by molar-refractivity contribution is 0.705. The Morgan fingerprint density at radius 1 is 0.893 bits per heavy atom. The van der Waals surface area contributed by atoms with E-state index in [0.717, 1.165) is 24.2 Å². The van der Waals surface area contributed by atoms with Crippen LogP contribution in [0.5, 0.6) is 0 Å². The Morgan fingerprint density at radius 2 is 1.57 bits per heavy atom. The number of fused-ring (bicyclic) bond motifs is 1. The molecule has 1 unspecified atom stereocenters. The van der Waals surface area contributed by atoms with Crippen LogP contribution < -0.4 is 10.9 Å². The highest BCUT2D eigenvalue weighted by Crippen LogP contribution is 2.31. The highest BCUT2D eigenvalue weighted by Gasteiger charge is 2.12. The molecule has 0 bridgehead atoms. The number of rotatable bonds is 6. The summed E-state index contributed by atoms with van der Waals surface area (Å²) in [6.45, 7) is 3.02. The van der Waals surface area contributed by atoms with Gasteiger partial charge in [-0.25, -0.2) is 5.10 Å². The van der Waals surface area contributed by atoms with E-state index in [0.29, 0.717) is 11.3 Å². The van der Waals surface area contributed by atoms with Crippen molar-refractivity contribution in [2.45, 2.75) is 19.3 Å². The summed E-state index contributed by atoms with van der Waals surface area (Å²) in [5.41, 5.74) is 3.70. The Kier molecular flexibility index (Phi) is 5.20. The molecule has 4 aromatic rings. The van der Waals surface area contributed by atoms with Gasteiger partial charge in [-0.2, -0.15) is 5.10 Å². The maximum Gasteiger partial charge on any atom is 0.272 e. The molecule has 4 rings (SSSR count). The fourth-order valence-electron chi connectivity index (χ4n) is 3.62. The Morgan fingerprint density at radius 3 is 2.39 bits per heavy atom. The monoisotopic (exact) mass is 369 g/mol. The van der Waals surface area contributed by atoms with Gasteiger partial charge in [0.1, 0.15) is 0 Å². The Balaban J connectivity index is 1.50. The van der Waals surface area contributed by atoms with Crippen LogP contribution in [-0.4, -0.2) is 16.7 Å². The average Bonchev–Trinajstić information content (AvgIpc) is 2.76. The number of anilines is 1. The van der Waals surface area contributed by atoms with Gasteiger partial charge in [0.2, 0.25) is 0 Å². The minimum Gasteiger partial charge on any atom is -0.368 e. The van der Waals surface area contributed by atoms with Gasteiger partial charge in [-0.15, -0.1) is 0 Å². The molecule has 0 aliphatic rings. The van der Waals surface area contributed by atoms with E-state index in [-0.39, 0.29) is 5.56 Å². The summed E-state index contributed by atoms with van der Waals surface area (Å²) in [7, 11) is 0. The van der Waals surface area contributed by atoms with Gasteiger partial charge in [0.05, 0.1) is 5.39 Å². The lowest BCUT2D eigenvalue weighted by Crippen LogP contribution is -2.13. The van der Waals surface area contributed by atoms with Gasteiger partial charge < -0.3 is 5.32 Å².